The maximum Gasteiger partial charge on any atom is 0.169 e. The minimum Gasteiger partial charge on any atom is -0.493 e. The SMILES string of the molecule is COc1cc(CO)ccc1Oc1ccc(F)cc1[C@H](C)O. The molecule has 0 saturated heterocycles. The summed E-state index contributed by atoms with van der Waals surface area (Å²) in [6, 6.07) is 8.95. The highest BCUT2D eigenvalue weighted by molar-refractivity contribution is 5.47. The molecule has 0 unspecified atom stereocenters. The van der Waals surface area contributed by atoms with Crippen molar-refractivity contribution in [3.63, 3.8) is 0 Å². The quantitative estimate of drug-likeness (QED) is 0.888. The van der Waals surface area contributed by atoms with E-state index in [2.05, 4.69) is 0 Å². The molecule has 0 fully saturated rings. The molecule has 0 radical (unpaired) electrons. The number of halogens is 1. The van der Waals surface area contributed by atoms with Gasteiger partial charge in [-0.1, -0.05) is 6.07 Å². The topological polar surface area (TPSA) is 58.9 Å². The number of hydrogen-bond donors (Lipinski definition) is 2. The highest BCUT2D eigenvalue weighted by Gasteiger charge is 2.14. The zero-order valence-corrected chi connectivity index (χ0v) is 11.8. The van der Waals surface area contributed by atoms with Gasteiger partial charge < -0.3 is 19.7 Å². The van der Waals surface area contributed by atoms with Crippen LogP contribution in [0.3, 0.4) is 0 Å². The molecule has 2 rings (SSSR count). The first-order chi connectivity index (χ1) is 10.0. The maximum absolute atomic E-state index is 13.3. The number of hydrogen-bond acceptors (Lipinski definition) is 4. The van der Waals surface area contributed by atoms with E-state index in [9.17, 15) is 9.50 Å². The minimum atomic E-state index is -0.863. The molecule has 0 saturated carbocycles. The van der Waals surface area contributed by atoms with E-state index in [0.29, 0.717) is 28.4 Å². The average Bonchev–Trinajstić information content (AvgIpc) is 2.49. The fourth-order valence-corrected chi connectivity index (χ4v) is 1.95. The van der Waals surface area contributed by atoms with Gasteiger partial charge in [0.25, 0.3) is 0 Å². The maximum atomic E-state index is 13.3. The van der Waals surface area contributed by atoms with E-state index in [-0.39, 0.29) is 6.61 Å². The predicted octanol–water partition coefficient (Wildman–Crippen LogP) is 3.17. The lowest BCUT2D eigenvalue weighted by molar-refractivity contribution is 0.195. The summed E-state index contributed by atoms with van der Waals surface area (Å²) in [5.74, 6) is 0.771. The van der Waals surface area contributed by atoms with Crippen LogP contribution in [0.1, 0.15) is 24.2 Å². The fourth-order valence-electron chi connectivity index (χ4n) is 1.95. The Morgan fingerprint density at radius 2 is 1.81 bits per heavy atom. The normalized spacial score (nSPS) is 12.0. The first-order valence-corrected chi connectivity index (χ1v) is 6.48. The summed E-state index contributed by atoms with van der Waals surface area (Å²) in [6.07, 6.45) is -0.863. The molecular formula is C16H17FO4. The van der Waals surface area contributed by atoms with E-state index < -0.39 is 11.9 Å². The molecule has 0 aromatic heterocycles. The lowest BCUT2D eigenvalue weighted by Gasteiger charge is -2.15. The summed E-state index contributed by atoms with van der Waals surface area (Å²) in [5.41, 5.74) is 1.04. The third-order valence-corrected chi connectivity index (χ3v) is 3.05. The predicted molar refractivity (Wildman–Crippen MR) is 76.0 cm³/mol. The molecule has 0 heterocycles. The largest absolute Gasteiger partial charge is 0.493 e. The second-order valence-electron chi connectivity index (χ2n) is 4.60. The molecule has 0 aliphatic heterocycles. The van der Waals surface area contributed by atoms with Crippen molar-refractivity contribution in [1.29, 1.82) is 0 Å². The number of methoxy groups -OCH3 is 1. The van der Waals surface area contributed by atoms with Gasteiger partial charge in [-0.2, -0.15) is 0 Å². The van der Waals surface area contributed by atoms with E-state index in [0.717, 1.165) is 0 Å². The van der Waals surface area contributed by atoms with Crippen molar-refractivity contribution in [3.8, 4) is 17.2 Å². The lowest BCUT2D eigenvalue weighted by Crippen LogP contribution is -1.99. The second-order valence-corrected chi connectivity index (χ2v) is 4.60. The smallest absolute Gasteiger partial charge is 0.169 e. The van der Waals surface area contributed by atoms with E-state index in [1.54, 1.807) is 18.2 Å². The van der Waals surface area contributed by atoms with E-state index in [4.69, 9.17) is 14.6 Å². The van der Waals surface area contributed by atoms with Crippen molar-refractivity contribution < 1.29 is 24.1 Å². The summed E-state index contributed by atoms with van der Waals surface area (Å²) in [6.45, 7) is 1.43. The molecule has 0 spiro atoms. The van der Waals surface area contributed by atoms with Crippen molar-refractivity contribution in [3.05, 3.63) is 53.3 Å². The fraction of sp³-hybridized carbons (Fsp3) is 0.250. The second kappa shape index (κ2) is 6.56. The molecule has 2 aromatic rings. The molecule has 0 aliphatic rings. The van der Waals surface area contributed by atoms with E-state index in [1.807, 2.05) is 0 Å². The van der Waals surface area contributed by atoms with Crippen LogP contribution >= 0.6 is 0 Å². The van der Waals surface area contributed by atoms with Crippen LogP contribution in [0, 0.1) is 5.82 Å². The van der Waals surface area contributed by atoms with Crippen molar-refractivity contribution in [2.24, 2.45) is 0 Å². The van der Waals surface area contributed by atoms with Crippen LogP contribution < -0.4 is 9.47 Å². The van der Waals surface area contributed by atoms with Crippen molar-refractivity contribution >= 4 is 0 Å². The van der Waals surface area contributed by atoms with Crippen LogP contribution in [0.15, 0.2) is 36.4 Å². The van der Waals surface area contributed by atoms with Gasteiger partial charge in [-0.05, 0) is 42.8 Å². The monoisotopic (exact) mass is 292 g/mol. The molecule has 21 heavy (non-hydrogen) atoms. The Hall–Kier alpha value is -2.11. The molecule has 112 valence electrons. The molecular weight excluding hydrogens is 275 g/mol. The first-order valence-electron chi connectivity index (χ1n) is 6.48. The zero-order valence-electron chi connectivity index (χ0n) is 11.8. The van der Waals surface area contributed by atoms with Crippen molar-refractivity contribution in [2.45, 2.75) is 19.6 Å². The number of aliphatic hydroxyl groups excluding tert-OH is 2. The lowest BCUT2D eigenvalue weighted by atomic mass is 10.1. The minimum absolute atomic E-state index is 0.105. The molecule has 4 nitrogen and oxygen atoms in total. The summed E-state index contributed by atoms with van der Waals surface area (Å²) < 4.78 is 24.2. The molecule has 0 aliphatic carbocycles. The number of aliphatic hydroxyl groups is 2. The Labute approximate surface area is 122 Å². The highest BCUT2D eigenvalue weighted by Crippen LogP contribution is 2.35. The zero-order chi connectivity index (χ0) is 15.4. The van der Waals surface area contributed by atoms with Gasteiger partial charge in [-0.15, -0.1) is 0 Å². The van der Waals surface area contributed by atoms with Gasteiger partial charge in [-0.25, -0.2) is 4.39 Å². The molecule has 0 bridgehead atoms. The number of ether oxygens (including phenoxy) is 2. The van der Waals surface area contributed by atoms with Crippen LogP contribution in [-0.2, 0) is 6.61 Å². The van der Waals surface area contributed by atoms with Crippen LogP contribution in [-0.4, -0.2) is 17.3 Å². The van der Waals surface area contributed by atoms with Gasteiger partial charge in [0.05, 0.1) is 19.8 Å². The third-order valence-electron chi connectivity index (χ3n) is 3.05. The van der Waals surface area contributed by atoms with Crippen molar-refractivity contribution in [1.82, 2.24) is 0 Å². The number of rotatable bonds is 5. The van der Waals surface area contributed by atoms with Gasteiger partial charge in [0.1, 0.15) is 11.6 Å². The summed E-state index contributed by atoms with van der Waals surface area (Å²) in [7, 11) is 1.49. The van der Waals surface area contributed by atoms with Gasteiger partial charge in [0.15, 0.2) is 11.5 Å². The van der Waals surface area contributed by atoms with Gasteiger partial charge in [0, 0.05) is 5.56 Å². The van der Waals surface area contributed by atoms with E-state index >= 15 is 0 Å². The Kier molecular flexibility index (Phi) is 4.77. The summed E-state index contributed by atoms with van der Waals surface area (Å²) in [5, 5.41) is 18.8. The molecule has 0 amide bonds. The Morgan fingerprint density at radius 1 is 1.10 bits per heavy atom. The van der Waals surface area contributed by atoms with E-state index in [1.165, 1.54) is 32.2 Å². The highest BCUT2D eigenvalue weighted by atomic mass is 19.1. The summed E-state index contributed by atoms with van der Waals surface area (Å²) in [4.78, 5) is 0. The van der Waals surface area contributed by atoms with Gasteiger partial charge in [0.2, 0.25) is 0 Å². The first kappa shape index (κ1) is 15.3. The Balaban J connectivity index is 2.38. The van der Waals surface area contributed by atoms with Gasteiger partial charge in [-0.3, -0.25) is 0 Å². The molecule has 1 atom stereocenters. The van der Waals surface area contributed by atoms with Crippen LogP contribution in [0.5, 0.6) is 17.2 Å². The molecule has 2 N–H and O–H groups in total. The standard InChI is InChI=1S/C16H17FO4/c1-10(19)13-8-12(17)4-6-14(13)21-15-5-3-11(9-18)7-16(15)20-2/h3-8,10,18-19H,9H2,1-2H3/t10-/m0/s1. The summed E-state index contributed by atoms with van der Waals surface area (Å²) >= 11 is 0. The molecule has 5 heteroatoms. The Bertz CT molecular complexity index is 626. The Morgan fingerprint density at radius 3 is 2.43 bits per heavy atom. The van der Waals surface area contributed by atoms with Crippen LogP contribution in [0.4, 0.5) is 4.39 Å². The van der Waals surface area contributed by atoms with Gasteiger partial charge >= 0.3 is 0 Å². The number of benzene rings is 2. The average molecular weight is 292 g/mol. The van der Waals surface area contributed by atoms with Crippen LogP contribution in [0.2, 0.25) is 0 Å². The molecule has 2 aromatic carbocycles. The van der Waals surface area contributed by atoms with Crippen molar-refractivity contribution in [2.75, 3.05) is 7.11 Å². The van der Waals surface area contributed by atoms with Crippen LogP contribution in [0.25, 0.3) is 0 Å². The third kappa shape index (κ3) is 3.51.